The summed E-state index contributed by atoms with van der Waals surface area (Å²) in [7, 11) is 2.06. The van der Waals surface area contributed by atoms with Crippen LogP contribution in [0.2, 0.25) is 0 Å². The zero-order chi connectivity index (χ0) is 14.7. The van der Waals surface area contributed by atoms with Gasteiger partial charge in [-0.1, -0.05) is 13.0 Å². The van der Waals surface area contributed by atoms with Crippen LogP contribution in [0.4, 0.5) is 10.1 Å². The molecule has 1 aromatic carbocycles. The van der Waals surface area contributed by atoms with Gasteiger partial charge < -0.3 is 10.3 Å². The monoisotopic (exact) mass is 280 g/mol. The van der Waals surface area contributed by atoms with Gasteiger partial charge in [0.15, 0.2) is 0 Å². The summed E-state index contributed by atoms with van der Waals surface area (Å²) < 4.78 is 13.7. The minimum Gasteiger partial charge on any atom is -0.336 e. The van der Waals surface area contributed by atoms with Crippen LogP contribution in [0.3, 0.4) is 0 Å². The predicted molar refractivity (Wildman–Crippen MR) is 76.8 cm³/mol. The van der Waals surface area contributed by atoms with Crippen LogP contribution in [0, 0.1) is 5.82 Å². The van der Waals surface area contributed by atoms with Crippen LogP contribution in [-0.4, -0.2) is 48.4 Å². The van der Waals surface area contributed by atoms with Gasteiger partial charge in [-0.2, -0.15) is 0 Å². The highest BCUT2D eigenvalue weighted by Crippen LogP contribution is 2.22. The fourth-order valence-electron chi connectivity index (χ4n) is 2.59. The van der Waals surface area contributed by atoms with Crippen LogP contribution in [0.25, 0.3) is 0 Å². The number of rotatable bonds is 3. The normalized spacial score (nSPS) is 20.0. The lowest BCUT2D eigenvalue weighted by atomic mass is 10.1. The van der Waals surface area contributed by atoms with E-state index in [9.17, 15) is 9.18 Å². The number of nitrogen functional groups attached to an aromatic ring is 1. The molecule has 0 saturated carbocycles. The number of benzene rings is 1. The Morgan fingerprint density at radius 1 is 1.50 bits per heavy atom. The van der Waals surface area contributed by atoms with Crippen molar-refractivity contribution in [2.24, 2.45) is 5.84 Å². The lowest BCUT2D eigenvalue weighted by Crippen LogP contribution is -2.53. The van der Waals surface area contributed by atoms with Gasteiger partial charge in [-0.25, -0.2) is 4.39 Å². The Morgan fingerprint density at radius 3 is 2.90 bits per heavy atom. The van der Waals surface area contributed by atoms with Crippen molar-refractivity contribution in [3.05, 3.63) is 29.6 Å². The van der Waals surface area contributed by atoms with Gasteiger partial charge in [0.1, 0.15) is 5.82 Å². The maximum absolute atomic E-state index is 13.7. The summed E-state index contributed by atoms with van der Waals surface area (Å²) in [6, 6.07) is 4.75. The van der Waals surface area contributed by atoms with E-state index in [2.05, 4.69) is 24.3 Å². The molecule has 0 spiro atoms. The molecule has 0 bridgehead atoms. The summed E-state index contributed by atoms with van der Waals surface area (Å²) >= 11 is 0. The minimum absolute atomic E-state index is 0.0597. The number of para-hydroxylation sites is 1. The quantitative estimate of drug-likeness (QED) is 0.647. The SMILES string of the molecule is CCC1CN(C(=O)c2cccc(F)c2NN)CCN1C. The Balaban J connectivity index is 2.22. The molecule has 1 aliphatic rings. The van der Waals surface area contributed by atoms with Crippen molar-refractivity contribution in [3.8, 4) is 0 Å². The Hall–Kier alpha value is -1.66. The summed E-state index contributed by atoms with van der Waals surface area (Å²) in [6.07, 6.45) is 0.978. The predicted octanol–water partition coefficient (Wildman–Crippen LogP) is 1.28. The maximum atomic E-state index is 13.7. The largest absolute Gasteiger partial charge is 0.336 e. The fourth-order valence-corrected chi connectivity index (χ4v) is 2.59. The van der Waals surface area contributed by atoms with Crippen molar-refractivity contribution in [1.82, 2.24) is 9.80 Å². The van der Waals surface area contributed by atoms with Crippen LogP contribution < -0.4 is 11.3 Å². The summed E-state index contributed by atoms with van der Waals surface area (Å²) in [5.74, 6) is 4.63. The first-order chi connectivity index (χ1) is 9.58. The van der Waals surface area contributed by atoms with Gasteiger partial charge in [0.05, 0.1) is 11.3 Å². The van der Waals surface area contributed by atoms with Crippen LogP contribution >= 0.6 is 0 Å². The Kier molecular flexibility index (Phi) is 4.57. The molecule has 1 aliphatic heterocycles. The van der Waals surface area contributed by atoms with Gasteiger partial charge in [0.25, 0.3) is 5.91 Å². The molecule has 1 fully saturated rings. The number of amides is 1. The third kappa shape index (κ3) is 2.76. The van der Waals surface area contributed by atoms with Gasteiger partial charge in [-0.15, -0.1) is 0 Å². The molecule has 1 heterocycles. The molecule has 1 aromatic rings. The smallest absolute Gasteiger partial charge is 0.256 e. The first-order valence-electron chi connectivity index (χ1n) is 6.83. The number of anilines is 1. The fraction of sp³-hybridized carbons (Fsp3) is 0.500. The number of nitrogens with zero attached hydrogens (tertiary/aromatic N) is 2. The number of likely N-dealkylation sites (N-methyl/N-ethyl adjacent to an activating group) is 1. The molecule has 1 atom stereocenters. The van der Waals surface area contributed by atoms with Crippen LogP contribution in [0.15, 0.2) is 18.2 Å². The number of carbonyl (C=O) groups is 1. The second-order valence-electron chi connectivity index (χ2n) is 5.10. The molecule has 110 valence electrons. The van der Waals surface area contributed by atoms with Gasteiger partial charge in [-0.05, 0) is 25.6 Å². The van der Waals surface area contributed by atoms with Crippen molar-refractivity contribution in [1.29, 1.82) is 0 Å². The molecular formula is C14H21FN4O. The molecule has 1 unspecified atom stereocenters. The average molecular weight is 280 g/mol. The molecule has 6 heteroatoms. The average Bonchev–Trinajstić information content (AvgIpc) is 2.46. The third-order valence-corrected chi connectivity index (χ3v) is 3.92. The van der Waals surface area contributed by atoms with Crippen LogP contribution in [-0.2, 0) is 0 Å². The number of nitrogens with one attached hydrogen (secondary N) is 1. The lowest BCUT2D eigenvalue weighted by Gasteiger charge is -2.39. The molecule has 0 aromatic heterocycles. The summed E-state index contributed by atoms with van der Waals surface area (Å²) in [5, 5.41) is 0. The molecule has 0 radical (unpaired) electrons. The molecule has 2 rings (SSSR count). The maximum Gasteiger partial charge on any atom is 0.256 e. The van der Waals surface area contributed by atoms with Gasteiger partial charge in [0, 0.05) is 25.7 Å². The first kappa shape index (κ1) is 14.7. The Labute approximate surface area is 118 Å². The molecule has 0 aliphatic carbocycles. The number of halogens is 1. The van der Waals surface area contributed by atoms with Crippen LogP contribution in [0.1, 0.15) is 23.7 Å². The van der Waals surface area contributed by atoms with E-state index in [0.717, 1.165) is 13.0 Å². The van der Waals surface area contributed by atoms with E-state index in [-0.39, 0.29) is 17.2 Å². The van der Waals surface area contributed by atoms with E-state index in [0.29, 0.717) is 19.1 Å². The topological polar surface area (TPSA) is 61.6 Å². The molecule has 3 N–H and O–H groups in total. The third-order valence-electron chi connectivity index (χ3n) is 3.92. The second-order valence-corrected chi connectivity index (χ2v) is 5.10. The lowest BCUT2D eigenvalue weighted by molar-refractivity contribution is 0.0542. The number of hydrogen-bond donors (Lipinski definition) is 2. The van der Waals surface area contributed by atoms with Crippen LogP contribution in [0.5, 0.6) is 0 Å². The molecule has 5 nitrogen and oxygen atoms in total. The Morgan fingerprint density at radius 2 is 2.25 bits per heavy atom. The number of hydrazine groups is 1. The van der Waals surface area contributed by atoms with E-state index in [1.165, 1.54) is 12.1 Å². The standard InChI is InChI=1S/C14H21FN4O/c1-3-10-9-19(8-7-18(10)2)14(20)11-5-4-6-12(15)13(11)17-16/h4-6,10,17H,3,7-9,16H2,1-2H3. The van der Waals surface area contributed by atoms with E-state index < -0.39 is 5.82 Å². The molecule has 20 heavy (non-hydrogen) atoms. The van der Waals surface area contributed by atoms with Crippen molar-refractivity contribution in [2.45, 2.75) is 19.4 Å². The summed E-state index contributed by atoms with van der Waals surface area (Å²) in [6.45, 7) is 4.23. The molecule has 1 amide bonds. The zero-order valence-corrected chi connectivity index (χ0v) is 11.9. The van der Waals surface area contributed by atoms with Crippen molar-refractivity contribution in [3.63, 3.8) is 0 Å². The minimum atomic E-state index is -0.514. The van der Waals surface area contributed by atoms with Gasteiger partial charge in [0.2, 0.25) is 0 Å². The zero-order valence-electron chi connectivity index (χ0n) is 11.9. The number of nitrogens with two attached hydrogens (primary N) is 1. The van der Waals surface area contributed by atoms with Gasteiger partial charge in [-0.3, -0.25) is 15.5 Å². The first-order valence-corrected chi connectivity index (χ1v) is 6.83. The summed E-state index contributed by atoms with van der Waals surface area (Å²) in [5.41, 5.74) is 2.63. The number of piperazine rings is 1. The van der Waals surface area contributed by atoms with E-state index in [4.69, 9.17) is 5.84 Å². The Bertz CT molecular complexity index is 494. The highest BCUT2D eigenvalue weighted by Gasteiger charge is 2.28. The highest BCUT2D eigenvalue weighted by atomic mass is 19.1. The second kappa shape index (κ2) is 6.19. The van der Waals surface area contributed by atoms with E-state index in [1.807, 2.05) is 0 Å². The van der Waals surface area contributed by atoms with Gasteiger partial charge >= 0.3 is 0 Å². The van der Waals surface area contributed by atoms with Crippen molar-refractivity contribution < 1.29 is 9.18 Å². The highest BCUT2D eigenvalue weighted by molar-refractivity contribution is 5.99. The molecular weight excluding hydrogens is 259 g/mol. The van der Waals surface area contributed by atoms with Crippen molar-refractivity contribution >= 4 is 11.6 Å². The number of hydrogen-bond acceptors (Lipinski definition) is 4. The number of carbonyl (C=O) groups excluding carboxylic acids is 1. The van der Waals surface area contributed by atoms with Crippen molar-refractivity contribution in [2.75, 3.05) is 32.1 Å². The van der Waals surface area contributed by atoms with E-state index >= 15 is 0 Å². The summed E-state index contributed by atoms with van der Waals surface area (Å²) in [4.78, 5) is 16.6. The van der Waals surface area contributed by atoms with E-state index in [1.54, 1.807) is 11.0 Å². The molecule has 1 saturated heterocycles.